The summed E-state index contributed by atoms with van der Waals surface area (Å²) in [6.45, 7) is 0.467. The van der Waals surface area contributed by atoms with Gasteiger partial charge in [0.15, 0.2) is 0 Å². The molecule has 1 saturated carbocycles. The van der Waals surface area contributed by atoms with Crippen LogP contribution >= 0.6 is 0 Å². The molecular formula is C15H25N3O2. The van der Waals surface area contributed by atoms with Crippen LogP contribution in [-0.2, 0) is 9.59 Å². The predicted octanol–water partition coefficient (Wildman–Crippen LogP) is 0.692. The third kappa shape index (κ3) is 3.95. The van der Waals surface area contributed by atoms with Crippen LogP contribution in [0.2, 0.25) is 0 Å². The summed E-state index contributed by atoms with van der Waals surface area (Å²) in [5.41, 5.74) is 0. The van der Waals surface area contributed by atoms with Crippen LogP contribution in [0.4, 0.5) is 0 Å². The zero-order valence-corrected chi connectivity index (χ0v) is 12.0. The van der Waals surface area contributed by atoms with Crippen molar-refractivity contribution in [1.82, 2.24) is 16.0 Å². The van der Waals surface area contributed by atoms with Gasteiger partial charge in [-0.1, -0.05) is 0 Å². The first kappa shape index (κ1) is 13.9. The van der Waals surface area contributed by atoms with Crippen molar-refractivity contribution >= 4 is 11.8 Å². The Balaban J connectivity index is 1.30. The predicted molar refractivity (Wildman–Crippen MR) is 76.1 cm³/mol. The van der Waals surface area contributed by atoms with Gasteiger partial charge in [0, 0.05) is 37.5 Å². The summed E-state index contributed by atoms with van der Waals surface area (Å²) in [5, 5.41) is 9.41. The van der Waals surface area contributed by atoms with Crippen LogP contribution in [0.25, 0.3) is 0 Å². The lowest BCUT2D eigenvalue weighted by molar-refractivity contribution is -0.123. The molecule has 5 heteroatoms. The molecule has 112 valence electrons. The van der Waals surface area contributed by atoms with Gasteiger partial charge in [-0.25, -0.2) is 0 Å². The Hall–Kier alpha value is -1.10. The minimum atomic E-state index is 0.0627. The van der Waals surface area contributed by atoms with Gasteiger partial charge < -0.3 is 16.0 Å². The molecule has 5 nitrogen and oxygen atoms in total. The van der Waals surface area contributed by atoms with Crippen molar-refractivity contribution in [2.24, 2.45) is 5.92 Å². The van der Waals surface area contributed by atoms with E-state index in [1.54, 1.807) is 0 Å². The number of nitrogens with one attached hydrogen (secondary N) is 3. The van der Waals surface area contributed by atoms with Crippen molar-refractivity contribution in [2.45, 2.75) is 69.5 Å². The molecule has 1 aliphatic carbocycles. The lowest BCUT2D eigenvalue weighted by Gasteiger charge is -2.28. The molecule has 0 spiro atoms. The number of fused-ring (bicyclic) bond motifs is 2. The number of carbonyl (C=O) groups excluding carboxylic acids is 2. The lowest BCUT2D eigenvalue weighted by Crippen LogP contribution is -2.40. The number of amides is 2. The van der Waals surface area contributed by atoms with Crippen LogP contribution in [0, 0.1) is 5.92 Å². The van der Waals surface area contributed by atoms with E-state index >= 15 is 0 Å². The Morgan fingerprint density at radius 1 is 1.00 bits per heavy atom. The SMILES string of the molecule is O=C(CC1CC2CCC(C1)N2)NCCC(=O)NC1CC1. The first-order chi connectivity index (χ1) is 9.69. The van der Waals surface area contributed by atoms with Gasteiger partial charge in [-0.05, 0) is 44.4 Å². The summed E-state index contributed by atoms with van der Waals surface area (Å²) in [6.07, 6.45) is 8.04. The maximum atomic E-state index is 11.9. The van der Waals surface area contributed by atoms with Crippen LogP contribution in [0.5, 0.6) is 0 Å². The fourth-order valence-electron chi connectivity index (χ4n) is 3.52. The van der Waals surface area contributed by atoms with Crippen molar-refractivity contribution < 1.29 is 9.59 Å². The van der Waals surface area contributed by atoms with Gasteiger partial charge in [0.05, 0.1) is 0 Å². The van der Waals surface area contributed by atoms with Crippen LogP contribution in [0.3, 0.4) is 0 Å². The Kier molecular flexibility index (Phi) is 4.24. The number of hydrogen-bond acceptors (Lipinski definition) is 3. The Bertz CT molecular complexity index is 369. The third-order valence-electron chi connectivity index (χ3n) is 4.66. The van der Waals surface area contributed by atoms with Gasteiger partial charge in [0.25, 0.3) is 0 Å². The molecule has 2 atom stereocenters. The largest absolute Gasteiger partial charge is 0.356 e. The Morgan fingerprint density at radius 2 is 1.70 bits per heavy atom. The van der Waals surface area contributed by atoms with E-state index in [2.05, 4.69) is 16.0 Å². The molecule has 0 radical (unpaired) electrons. The van der Waals surface area contributed by atoms with Gasteiger partial charge >= 0.3 is 0 Å². The molecule has 3 N–H and O–H groups in total. The molecule has 2 amide bonds. The minimum absolute atomic E-state index is 0.0627. The first-order valence-corrected chi connectivity index (χ1v) is 8.01. The van der Waals surface area contributed by atoms with Crippen molar-refractivity contribution in [1.29, 1.82) is 0 Å². The average molecular weight is 279 g/mol. The van der Waals surface area contributed by atoms with Gasteiger partial charge in [0.2, 0.25) is 11.8 Å². The van der Waals surface area contributed by atoms with Crippen LogP contribution in [0.15, 0.2) is 0 Å². The fourth-order valence-corrected chi connectivity index (χ4v) is 3.52. The Labute approximate surface area is 120 Å². The van der Waals surface area contributed by atoms with Crippen molar-refractivity contribution in [3.8, 4) is 0 Å². The summed E-state index contributed by atoms with van der Waals surface area (Å²) in [4.78, 5) is 23.4. The van der Waals surface area contributed by atoms with Gasteiger partial charge in [-0.15, -0.1) is 0 Å². The highest BCUT2D eigenvalue weighted by atomic mass is 16.2. The molecule has 0 aromatic carbocycles. The fraction of sp³-hybridized carbons (Fsp3) is 0.867. The maximum absolute atomic E-state index is 11.9. The molecule has 0 aromatic rings. The highest BCUT2D eigenvalue weighted by molar-refractivity contribution is 5.79. The first-order valence-electron chi connectivity index (χ1n) is 8.01. The number of carbonyl (C=O) groups is 2. The van der Waals surface area contributed by atoms with E-state index < -0.39 is 0 Å². The lowest BCUT2D eigenvalue weighted by atomic mass is 9.89. The second kappa shape index (κ2) is 6.12. The van der Waals surface area contributed by atoms with E-state index in [0.717, 1.165) is 25.7 Å². The average Bonchev–Trinajstić information content (AvgIpc) is 3.13. The highest BCUT2D eigenvalue weighted by Crippen LogP contribution is 2.32. The molecule has 20 heavy (non-hydrogen) atoms. The third-order valence-corrected chi connectivity index (χ3v) is 4.66. The molecule has 2 saturated heterocycles. The van der Waals surface area contributed by atoms with Gasteiger partial charge in [-0.2, -0.15) is 0 Å². The molecule has 2 heterocycles. The molecule has 2 unspecified atom stereocenters. The van der Waals surface area contributed by atoms with E-state index in [0.29, 0.717) is 43.4 Å². The van der Waals surface area contributed by atoms with E-state index in [1.165, 1.54) is 12.8 Å². The zero-order chi connectivity index (χ0) is 13.9. The van der Waals surface area contributed by atoms with Gasteiger partial charge in [0.1, 0.15) is 0 Å². The Morgan fingerprint density at radius 3 is 2.35 bits per heavy atom. The summed E-state index contributed by atoms with van der Waals surface area (Å²) in [7, 11) is 0. The maximum Gasteiger partial charge on any atom is 0.221 e. The van der Waals surface area contributed by atoms with Crippen molar-refractivity contribution in [3.05, 3.63) is 0 Å². The topological polar surface area (TPSA) is 70.2 Å². The molecule has 3 fully saturated rings. The normalized spacial score (nSPS) is 31.9. The van der Waals surface area contributed by atoms with E-state index in [-0.39, 0.29) is 11.8 Å². The summed E-state index contributed by atoms with van der Waals surface area (Å²) >= 11 is 0. The van der Waals surface area contributed by atoms with Crippen LogP contribution < -0.4 is 16.0 Å². The molecule has 3 aliphatic rings. The smallest absolute Gasteiger partial charge is 0.221 e. The number of hydrogen-bond donors (Lipinski definition) is 3. The van der Waals surface area contributed by atoms with Crippen molar-refractivity contribution in [3.63, 3.8) is 0 Å². The van der Waals surface area contributed by atoms with Crippen LogP contribution in [-0.4, -0.2) is 36.5 Å². The molecule has 0 aromatic heterocycles. The molecule has 2 aliphatic heterocycles. The van der Waals surface area contributed by atoms with Crippen LogP contribution in [0.1, 0.15) is 51.4 Å². The summed E-state index contributed by atoms with van der Waals surface area (Å²) < 4.78 is 0. The van der Waals surface area contributed by atoms with E-state index in [1.807, 2.05) is 0 Å². The van der Waals surface area contributed by atoms with E-state index in [4.69, 9.17) is 0 Å². The second-order valence-corrected chi connectivity index (χ2v) is 6.62. The molecule has 2 bridgehead atoms. The molecule has 3 rings (SSSR count). The second-order valence-electron chi connectivity index (χ2n) is 6.62. The standard InChI is InChI=1S/C15H25N3O2/c19-14(18-11-1-2-11)5-6-16-15(20)9-10-7-12-3-4-13(8-10)17-12/h10-13,17H,1-9H2,(H,16,20)(H,18,19). The number of rotatable bonds is 6. The van der Waals surface area contributed by atoms with Crippen molar-refractivity contribution in [2.75, 3.05) is 6.54 Å². The minimum Gasteiger partial charge on any atom is -0.356 e. The summed E-state index contributed by atoms with van der Waals surface area (Å²) in [6, 6.07) is 1.68. The highest BCUT2D eigenvalue weighted by Gasteiger charge is 2.34. The zero-order valence-electron chi connectivity index (χ0n) is 12.0. The monoisotopic (exact) mass is 279 g/mol. The van der Waals surface area contributed by atoms with Gasteiger partial charge in [-0.3, -0.25) is 9.59 Å². The van der Waals surface area contributed by atoms with E-state index in [9.17, 15) is 9.59 Å². The quantitative estimate of drug-likeness (QED) is 0.670. The number of piperidine rings is 1. The summed E-state index contributed by atoms with van der Waals surface area (Å²) in [5.74, 6) is 0.692. The molecular weight excluding hydrogens is 254 g/mol.